The Bertz CT molecular complexity index is 823. The number of ether oxygens (including phenoxy) is 1. The zero-order valence-electron chi connectivity index (χ0n) is 17.0. The van der Waals surface area contributed by atoms with E-state index in [1.165, 1.54) is 31.2 Å². The Morgan fingerprint density at radius 1 is 1.10 bits per heavy atom. The van der Waals surface area contributed by atoms with Gasteiger partial charge >= 0.3 is 5.97 Å². The molecule has 0 saturated heterocycles. The van der Waals surface area contributed by atoms with Gasteiger partial charge in [0, 0.05) is 0 Å². The number of rotatable bonds is 10. The molecule has 0 unspecified atom stereocenters. The maximum Gasteiger partial charge on any atom is 0.307 e. The Labute approximate surface area is 172 Å². The molecule has 3 rings (SSSR count). The van der Waals surface area contributed by atoms with Crippen LogP contribution in [0.15, 0.2) is 53.7 Å². The molecule has 1 aliphatic rings. The lowest BCUT2D eigenvalue weighted by Gasteiger charge is -2.11. The van der Waals surface area contributed by atoms with Crippen LogP contribution in [-0.2, 0) is 16.1 Å². The normalized spacial score (nSPS) is 14.7. The number of carboxylic acid groups (broad SMARTS) is 1. The van der Waals surface area contributed by atoms with Gasteiger partial charge in [0.2, 0.25) is 0 Å². The van der Waals surface area contributed by atoms with Crippen molar-refractivity contribution in [2.24, 2.45) is 5.16 Å². The molecule has 1 fully saturated rings. The van der Waals surface area contributed by atoms with E-state index in [1.54, 1.807) is 24.3 Å². The molecule has 0 bridgehead atoms. The highest BCUT2D eigenvalue weighted by Gasteiger charge is 2.16. The Kier molecular flexibility index (Phi) is 7.68. The second-order valence-electron chi connectivity index (χ2n) is 7.39. The number of oxime groups is 1. The first-order chi connectivity index (χ1) is 14.2. The Hall–Kier alpha value is -2.82. The van der Waals surface area contributed by atoms with Gasteiger partial charge in [-0.15, -0.1) is 0 Å². The van der Waals surface area contributed by atoms with Crippen LogP contribution in [0.4, 0.5) is 0 Å². The molecule has 2 aromatic rings. The maximum absolute atomic E-state index is 10.8. The van der Waals surface area contributed by atoms with Crippen LogP contribution >= 0.6 is 0 Å². The van der Waals surface area contributed by atoms with Crippen LogP contribution in [-0.4, -0.2) is 30.0 Å². The summed E-state index contributed by atoms with van der Waals surface area (Å²) in [6, 6.07) is 15.8. The molecule has 1 aliphatic carbocycles. The molecule has 0 heterocycles. The SMILES string of the molecule is CC/C(=N\OCCOc1cccc(CC(=O)O)c1)c1ccc(C2CCCC2)cc1. The van der Waals surface area contributed by atoms with Crippen molar-refractivity contribution < 1.29 is 19.5 Å². The van der Waals surface area contributed by atoms with Crippen molar-refractivity contribution in [3.05, 3.63) is 65.2 Å². The van der Waals surface area contributed by atoms with Crippen LogP contribution in [0.1, 0.15) is 61.6 Å². The number of benzene rings is 2. The third-order valence-electron chi connectivity index (χ3n) is 5.28. The van der Waals surface area contributed by atoms with Crippen molar-refractivity contribution in [1.82, 2.24) is 0 Å². The van der Waals surface area contributed by atoms with Crippen LogP contribution < -0.4 is 4.74 Å². The molecule has 2 aromatic carbocycles. The number of aliphatic carboxylic acids is 1. The third kappa shape index (κ3) is 6.34. The second-order valence-corrected chi connectivity index (χ2v) is 7.39. The third-order valence-corrected chi connectivity index (χ3v) is 5.28. The molecule has 5 heteroatoms. The van der Waals surface area contributed by atoms with Crippen LogP contribution in [0.3, 0.4) is 0 Å². The monoisotopic (exact) mass is 395 g/mol. The zero-order valence-corrected chi connectivity index (χ0v) is 17.0. The number of nitrogens with zero attached hydrogens (tertiary/aromatic N) is 1. The van der Waals surface area contributed by atoms with Gasteiger partial charge < -0.3 is 14.7 Å². The molecule has 29 heavy (non-hydrogen) atoms. The zero-order chi connectivity index (χ0) is 20.5. The Balaban J connectivity index is 1.47. The van der Waals surface area contributed by atoms with E-state index in [4.69, 9.17) is 14.7 Å². The minimum absolute atomic E-state index is 0.0165. The lowest BCUT2D eigenvalue weighted by atomic mass is 9.95. The van der Waals surface area contributed by atoms with Crippen molar-refractivity contribution in [2.75, 3.05) is 13.2 Å². The molecule has 1 saturated carbocycles. The quantitative estimate of drug-likeness (QED) is 0.342. The molecule has 0 aromatic heterocycles. The van der Waals surface area contributed by atoms with Crippen LogP contribution in [0, 0.1) is 0 Å². The average molecular weight is 395 g/mol. The highest BCUT2D eigenvalue weighted by molar-refractivity contribution is 6.00. The summed E-state index contributed by atoms with van der Waals surface area (Å²) in [4.78, 5) is 16.3. The lowest BCUT2D eigenvalue weighted by Crippen LogP contribution is -2.07. The topological polar surface area (TPSA) is 68.1 Å². The van der Waals surface area contributed by atoms with Gasteiger partial charge in [-0.05, 0) is 54.0 Å². The van der Waals surface area contributed by atoms with E-state index in [2.05, 4.69) is 36.3 Å². The average Bonchev–Trinajstić information content (AvgIpc) is 3.26. The van der Waals surface area contributed by atoms with Gasteiger partial charge in [-0.3, -0.25) is 4.79 Å². The number of carboxylic acids is 1. The summed E-state index contributed by atoms with van der Waals surface area (Å²) < 4.78 is 5.63. The van der Waals surface area contributed by atoms with Crippen molar-refractivity contribution in [3.63, 3.8) is 0 Å². The summed E-state index contributed by atoms with van der Waals surface area (Å²) in [7, 11) is 0. The van der Waals surface area contributed by atoms with Gasteiger partial charge in [-0.25, -0.2) is 0 Å². The standard InChI is InChI=1S/C24H29NO4/c1-2-23(21-12-10-20(11-13-21)19-7-3-4-8-19)25-29-15-14-28-22-9-5-6-18(16-22)17-24(26)27/h5-6,9-13,16,19H,2-4,7-8,14-15,17H2,1H3,(H,26,27)/b25-23+. The fraction of sp³-hybridized carbons (Fsp3) is 0.417. The molecule has 154 valence electrons. The first kappa shape index (κ1) is 20.9. The molecule has 1 N–H and O–H groups in total. The van der Waals surface area contributed by atoms with Crippen molar-refractivity contribution in [3.8, 4) is 5.75 Å². The first-order valence-electron chi connectivity index (χ1n) is 10.4. The fourth-order valence-corrected chi connectivity index (χ4v) is 3.77. The van der Waals surface area contributed by atoms with Gasteiger partial charge in [-0.2, -0.15) is 0 Å². The van der Waals surface area contributed by atoms with E-state index >= 15 is 0 Å². The summed E-state index contributed by atoms with van der Waals surface area (Å²) in [5.41, 5.74) is 4.16. The van der Waals surface area contributed by atoms with Crippen molar-refractivity contribution >= 4 is 11.7 Å². The molecule has 0 spiro atoms. The number of hydrogen-bond donors (Lipinski definition) is 1. The highest BCUT2D eigenvalue weighted by atomic mass is 16.6. The smallest absolute Gasteiger partial charge is 0.307 e. The van der Waals surface area contributed by atoms with Gasteiger partial charge in [0.05, 0.1) is 12.1 Å². The van der Waals surface area contributed by atoms with Crippen LogP contribution in [0.25, 0.3) is 0 Å². The van der Waals surface area contributed by atoms with Gasteiger partial charge in [0.15, 0.2) is 6.61 Å². The van der Waals surface area contributed by atoms with Gasteiger partial charge in [-0.1, -0.05) is 61.3 Å². The minimum Gasteiger partial charge on any atom is -0.490 e. The van der Waals surface area contributed by atoms with Gasteiger partial charge in [0.25, 0.3) is 0 Å². The van der Waals surface area contributed by atoms with Crippen molar-refractivity contribution in [1.29, 1.82) is 0 Å². The molecule has 0 amide bonds. The summed E-state index contributed by atoms with van der Waals surface area (Å²) in [6.45, 7) is 2.74. The fourth-order valence-electron chi connectivity index (χ4n) is 3.77. The highest BCUT2D eigenvalue weighted by Crippen LogP contribution is 2.34. The Morgan fingerprint density at radius 2 is 1.86 bits per heavy atom. The largest absolute Gasteiger partial charge is 0.490 e. The maximum atomic E-state index is 10.8. The summed E-state index contributed by atoms with van der Waals surface area (Å²) in [5.74, 6) is 0.492. The summed E-state index contributed by atoms with van der Waals surface area (Å²) in [6.07, 6.45) is 6.06. The Morgan fingerprint density at radius 3 is 2.55 bits per heavy atom. The second kappa shape index (κ2) is 10.6. The van der Waals surface area contributed by atoms with E-state index in [1.807, 2.05) is 0 Å². The first-order valence-corrected chi connectivity index (χ1v) is 10.4. The summed E-state index contributed by atoms with van der Waals surface area (Å²) in [5, 5.41) is 13.2. The number of carbonyl (C=O) groups is 1. The summed E-state index contributed by atoms with van der Waals surface area (Å²) >= 11 is 0. The van der Waals surface area contributed by atoms with Crippen LogP contribution in [0.2, 0.25) is 0 Å². The molecule has 0 radical (unpaired) electrons. The van der Waals surface area contributed by atoms with Crippen LogP contribution in [0.5, 0.6) is 5.75 Å². The van der Waals surface area contributed by atoms with E-state index in [0.717, 1.165) is 17.7 Å². The molecular weight excluding hydrogens is 366 g/mol. The lowest BCUT2D eigenvalue weighted by molar-refractivity contribution is -0.136. The van der Waals surface area contributed by atoms with Gasteiger partial charge in [0.1, 0.15) is 12.4 Å². The minimum atomic E-state index is -0.858. The predicted molar refractivity (Wildman–Crippen MR) is 114 cm³/mol. The van der Waals surface area contributed by atoms with Crippen molar-refractivity contribution in [2.45, 2.75) is 51.4 Å². The molecule has 0 atom stereocenters. The van der Waals surface area contributed by atoms with E-state index in [-0.39, 0.29) is 6.42 Å². The van der Waals surface area contributed by atoms with E-state index in [0.29, 0.717) is 30.4 Å². The molecule has 0 aliphatic heterocycles. The van der Waals surface area contributed by atoms with E-state index < -0.39 is 5.97 Å². The molecule has 5 nitrogen and oxygen atoms in total. The number of hydrogen-bond acceptors (Lipinski definition) is 4. The van der Waals surface area contributed by atoms with E-state index in [9.17, 15) is 4.79 Å². The molecular formula is C24H29NO4. The predicted octanol–water partition coefficient (Wildman–Crippen LogP) is 5.18.